The Morgan fingerprint density at radius 3 is 2.24 bits per heavy atom. The molecule has 2 aromatic carbocycles. The van der Waals surface area contributed by atoms with Crippen molar-refractivity contribution in [1.82, 2.24) is 0 Å². The molecule has 4 N–H and O–H groups in total. The fourth-order valence-electron chi connectivity index (χ4n) is 1.82. The van der Waals surface area contributed by atoms with Crippen LogP contribution in [0.2, 0.25) is 0 Å². The molecule has 0 amide bonds. The lowest BCUT2D eigenvalue weighted by Gasteiger charge is -2.13. The first-order valence-corrected chi connectivity index (χ1v) is 6.31. The van der Waals surface area contributed by atoms with Gasteiger partial charge < -0.3 is 16.2 Å². The van der Waals surface area contributed by atoms with Gasteiger partial charge in [-0.2, -0.15) is 13.2 Å². The maximum Gasteiger partial charge on any atom is 0.416 e. The molecule has 2 aromatic rings. The molecular weight excluding hydrogens is 281 g/mol. The van der Waals surface area contributed by atoms with Gasteiger partial charge in [-0.05, 0) is 35.9 Å². The predicted octanol–water partition coefficient (Wildman–Crippen LogP) is 3.46. The number of benzene rings is 2. The minimum absolute atomic E-state index is 0.114. The van der Waals surface area contributed by atoms with Crippen molar-refractivity contribution in [1.29, 1.82) is 0 Å². The summed E-state index contributed by atoms with van der Waals surface area (Å²) in [6.07, 6.45) is -4.40. The molecule has 0 aliphatic carbocycles. The highest BCUT2D eigenvalue weighted by atomic mass is 19.4. The monoisotopic (exact) mass is 296 g/mol. The highest BCUT2D eigenvalue weighted by Crippen LogP contribution is 2.32. The average molecular weight is 296 g/mol. The third-order valence-electron chi connectivity index (χ3n) is 2.94. The maximum absolute atomic E-state index is 12.6. The summed E-state index contributed by atoms with van der Waals surface area (Å²) in [4.78, 5) is 0. The van der Waals surface area contributed by atoms with Gasteiger partial charge in [-0.1, -0.05) is 18.2 Å². The molecule has 6 heteroatoms. The Morgan fingerprint density at radius 2 is 1.62 bits per heavy atom. The molecule has 0 aliphatic heterocycles. The van der Waals surface area contributed by atoms with Crippen LogP contribution in [-0.2, 0) is 6.18 Å². The first-order valence-electron chi connectivity index (χ1n) is 6.31. The van der Waals surface area contributed by atoms with E-state index in [0.29, 0.717) is 5.75 Å². The van der Waals surface area contributed by atoms with Gasteiger partial charge >= 0.3 is 6.18 Å². The van der Waals surface area contributed by atoms with Crippen LogP contribution < -0.4 is 16.2 Å². The number of rotatable bonds is 4. The standard InChI is InChI=1S/C15H15F3N2O/c16-15(17,18)11-4-2-6-13(8-11)21-12-5-1-3-10(7-12)14(20)9-19/h1-8,14H,9,19-20H2. The molecule has 3 nitrogen and oxygen atoms in total. The summed E-state index contributed by atoms with van der Waals surface area (Å²) in [6, 6.07) is 11.2. The van der Waals surface area contributed by atoms with Crippen LogP contribution in [0.5, 0.6) is 11.5 Å². The highest BCUT2D eigenvalue weighted by Gasteiger charge is 2.30. The largest absolute Gasteiger partial charge is 0.457 e. The van der Waals surface area contributed by atoms with Crippen LogP contribution in [0.15, 0.2) is 48.5 Å². The minimum atomic E-state index is -4.40. The molecule has 0 saturated carbocycles. The topological polar surface area (TPSA) is 61.3 Å². The Kier molecular flexibility index (Phi) is 4.50. The SMILES string of the molecule is NCC(N)c1cccc(Oc2cccc(C(F)(F)F)c2)c1. The summed E-state index contributed by atoms with van der Waals surface area (Å²) in [6.45, 7) is 0.271. The number of ether oxygens (including phenoxy) is 1. The Bertz CT molecular complexity index is 614. The van der Waals surface area contributed by atoms with Gasteiger partial charge in [0.15, 0.2) is 0 Å². The van der Waals surface area contributed by atoms with Gasteiger partial charge in [0.05, 0.1) is 5.56 Å². The van der Waals surface area contributed by atoms with Gasteiger partial charge in [-0.15, -0.1) is 0 Å². The summed E-state index contributed by atoms with van der Waals surface area (Å²) in [5, 5.41) is 0. The fourth-order valence-corrected chi connectivity index (χ4v) is 1.82. The van der Waals surface area contributed by atoms with E-state index >= 15 is 0 Å². The normalized spacial score (nSPS) is 13.0. The quantitative estimate of drug-likeness (QED) is 0.908. The van der Waals surface area contributed by atoms with E-state index in [9.17, 15) is 13.2 Å². The summed E-state index contributed by atoms with van der Waals surface area (Å²) < 4.78 is 43.4. The van der Waals surface area contributed by atoms with E-state index in [1.807, 2.05) is 0 Å². The van der Waals surface area contributed by atoms with E-state index in [-0.39, 0.29) is 18.3 Å². The Hall–Kier alpha value is -2.05. The zero-order valence-corrected chi connectivity index (χ0v) is 11.1. The van der Waals surface area contributed by atoms with Crippen LogP contribution in [0.25, 0.3) is 0 Å². The van der Waals surface area contributed by atoms with Crippen molar-refractivity contribution >= 4 is 0 Å². The molecule has 0 aliphatic rings. The molecule has 0 spiro atoms. The summed E-state index contributed by atoms with van der Waals surface area (Å²) in [7, 11) is 0. The Morgan fingerprint density at radius 1 is 1.00 bits per heavy atom. The van der Waals surface area contributed by atoms with Crippen molar-refractivity contribution in [2.24, 2.45) is 11.5 Å². The number of halogens is 3. The van der Waals surface area contributed by atoms with E-state index in [1.54, 1.807) is 24.3 Å². The van der Waals surface area contributed by atoms with Crippen LogP contribution in [0.3, 0.4) is 0 Å². The van der Waals surface area contributed by atoms with E-state index in [1.165, 1.54) is 12.1 Å². The second-order valence-corrected chi connectivity index (χ2v) is 4.54. The molecular formula is C15H15F3N2O. The molecule has 1 unspecified atom stereocenters. The molecule has 21 heavy (non-hydrogen) atoms. The van der Waals surface area contributed by atoms with Crippen molar-refractivity contribution in [3.05, 3.63) is 59.7 Å². The summed E-state index contributed by atoms with van der Waals surface area (Å²) in [5.74, 6) is 0.527. The van der Waals surface area contributed by atoms with E-state index in [2.05, 4.69) is 0 Å². The van der Waals surface area contributed by atoms with Gasteiger partial charge in [0.1, 0.15) is 11.5 Å². The molecule has 112 valence electrons. The first-order chi connectivity index (χ1) is 9.90. The fraction of sp³-hybridized carbons (Fsp3) is 0.200. The van der Waals surface area contributed by atoms with Gasteiger partial charge in [0.2, 0.25) is 0 Å². The van der Waals surface area contributed by atoms with Gasteiger partial charge in [-0.25, -0.2) is 0 Å². The number of hydrogen-bond acceptors (Lipinski definition) is 3. The molecule has 0 heterocycles. The van der Waals surface area contributed by atoms with Gasteiger partial charge in [0.25, 0.3) is 0 Å². The van der Waals surface area contributed by atoms with Crippen molar-refractivity contribution in [3.63, 3.8) is 0 Å². The van der Waals surface area contributed by atoms with Crippen molar-refractivity contribution in [3.8, 4) is 11.5 Å². The number of hydrogen-bond donors (Lipinski definition) is 2. The lowest BCUT2D eigenvalue weighted by molar-refractivity contribution is -0.137. The summed E-state index contributed by atoms with van der Waals surface area (Å²) in [5.41, 5.74) is 11.3. The Labute approximate surface area is 120 Å². The summed E-state index contributed by atoms with van der Waals surface area (Å²) >= 11 is 0. The lowest BCUT2D eigenvalue weighted by atomic mass is 10.1. The number of alkyl halides is 3. The molecule has 0 bridgehead atoms. The third-order valence-corrected chi connectivity index (χ3v) is 2.94. The maximum atomic E-state index is 12.6. The van der Waals surface area contributed by atoms with Crippen LogP contribution in [0.4, 0.5) is 13.2 Å². The average Bonchev–Trinajstić information content (AvgIpc) is 2.46. The van der Waals surface area contributed by atoms with Crippen molar-refractivity contribution in [2.45, 2.75) is 12.2 Å². The highest BCUT2D eigenvalue weighted by molar-refractivity contribution is 5.37. The third kappa shape index (κ3) is 3.96. The van der Waals surface area contributed by atoms with Gasteiger partial charge in [0, 0.05) is 12.6 Å². The van der Waals surface area contributed by atoms with Gasteiger partial charge in [-0.3, -0.25) is 0 Å². The van der Waals surface area contributed by atoms with Crippen LogP contribution in [0, 0.1) is 0 Å². The second-order valence-electron chi connectivity index (χ2n) is 4.54. The lowest BCUT2D eigenvalue weighted by Crippen LogP contribution is -2.20. The zero-order valence-electron chi connectivity index (χ0n) is 11.1. The molecule has 1 atom stereocenters. The molecule has 0 saturated heterocycles. The number of nitrogens with two attached hydrogens (primary N) is 2. The van der Waals surface area contributed by atoms with Crippen molar-refractivity contribution in [2.75, 3.05) is 6.54 Å². The van der Waals surface area contributed by atoms with E-state index in [0.717, 1.165) is 17.7 Å². The minimum Gasteiger partial charge on any atom is -0.457 e. The van der Waals surface area contributed by atoms with E-state index < -0.39 is 11.7 Å². The van der Waals surface area contributed by atoms with Crippen molar-refractivity contribution < 1.29 is 17.9 Å². The molecule has 0 fully saturated rings. The van der Waals surface area contributed by atoms with Crippen LogP contribution in [0.1, 0.15) is 17.2 Å². The smallest absolute Gasteiger partial charge is 0.416 e. The second kappa shape index (κ2) is 6.15. The van der Waals surface area contributed by atoms with Crippen LogP contribution in [-0.4, -0.2) is 6.54 Å². The van der Waals surface area contributed by atoms with Crippen LogP contribution >= 0.6 is 0 Å². The molecule has 2 rings (SSSR count). The van der Waals surface area contributed by atoms with E-state index in [4.69, 9.17) is 16.2 Å². The predicted molar refractivity (Wildman–Crippen MR) is 73.9 cm³/mol. The first kappa shape index (κ1) is 15.3. The molecule has 0 aromatic heterocycles. The molecule has 0 radical (unpaired) electrons. The zero-order chi connectivity index (χ0) is 15.5. The Balaban J connectivity index is 2.22.